The minimum absolute atomic E-state index is 0.254. The zero-order chi connectivity index (χ0) is 14.1. The van der Waals surface area contributed by atoms with E-state index in [9.17, 15) is 9.90 Å². The molecule has 1 aliphatic heterocycles. The minimum Gasteiger partial charge on any atom is -0.492 e. The van der Waals surface area contributed by atoms with Crippen molar-refractivity contribution >= 4 is 17.7 Å². The third-order valence-electron chi connectivity index (χ3n) is 3.44. The summed E-state index contributed by atoms with van der Waals surface area (Å²) in [4.78, 5) is 12.6. The molecule has 0 amide bonds. The lowest BCUT2D eigenvalue weighted by Gasteiger charge is -2.09. The van der Waals surface area contributed by atoms with Crippen molar-refractivity contribution in [1.29, 1.82) is 0 Å². The molecule has 1 N–H and O–H groups in total. The number of ether oxygens (including phenoxy) is 1. The van der Waals surface area contributed by atoms with Crippen molar-refractivity contribution in [2.24, 2.45) is 0 Å². The molecule has 0 aromatic heterocycles. The van der Waals surface area contributed by atoms with Crippen LogP contribution >= 0.6 is 11.8 Å². The normalized spacial score (nSPS) is 12.8. The number of benzene rings is 2. The van der Waals surface area contributed by atoms with Gasteiger partial charge in [-0.2, -0.15) is 0 Å². The minimum atomic E-state index is -0.939. The molecule has 0 unspecified atom stereocenters. The molecule has 3 nitrogen and oxygen atoms in total. The maximum absolute atomic E-state index is 11.4. The highest BCUT2D eigenvalue weighted by atomic mass is 32.2. The summed E-state index contributed by atoms with van der Waals surface area (Å²) in [6.07, 6.45) is 2.80. The summed E-state index contributed by atoms with van der Waals surface area (Å²) in [6, 6.07) is 11.9. The Hall–Kier alpha value is -1.94. The molecule has 2 aromatic rings. The van der Waals surface area contributed by atoms with E-state index >= 15 is 0 Å². The van der Waals surface area contributed by atoms with E-state index in [1.807, 2.05) is 36.6 Å². The van der Waals surface area contributed by atoms with Crippen LogP contribution in [0.5, 0.6) is 5.75 Å². The van der Waals surface area contributed by atoms with Crippen molar-refractivity contribution in [3.8, 4) is 16.9 Å². The molecule has 0 radical (unpaired) electrons. The molecule has 0 saturated heterocycles. The Balaban J connectivity index is 2.09. The van der Waals surface area contributed by atoms with Gasteiger partial charge in [0.25, 0.3) is 0 Å². The molecule has 1 aliphatic rings. The number of carboxylic acid groups (broad SMARTS) is 1. The number of aromatic carboxylic acids is 1. The third-order valence-corrected chi connectivity index (χ3v) is 4.18. The number of fused-ring (bicyclic) bond motifs is 1. The van der Waals surface area contributed by atoms with Gasteiger partial charge in [-0.3, -0.25) is 0 Å². The van der Waals surface area contributed by atoms with Crippen molar-refractivity contribution in [3.05, 3.63) is 47.5 Å². The van der Waals surface area contributed by atoms with Crippen LogP contribution in [0.1, 0.15) is 15.9 Å². The lowest BCUT2D eigenvalue weighted by atomic mass is 9.98. The second-order valence-electron chi connectivity index (χ2n) is 4.64. The maximum atomic E-state index is 11.4. The lowest BCUT2D eigenvalue weighted by Crippen LogP contribution is -2.00. The first-order chi connectivity index (χ1) is 9.69. The average molecular weight is 286 g/mol. The van der Waals surface area contributed by atoms with E-state index < -0.39 is 5.97 Å². The molecule has 0 atom stereocenters. The first-order valence-electron chi connectivity index (χ1n) is 6.36. The second-order valence-corrected chi connectivity index (χ2v) is 5.52. The van der Waals surface area contributed by atoms with Crippen LogP contribution in [-0.4, -0.2) is 23.9 Å². The predicted octanol–water partition coefficient (Wildman–Crippen LogP) is 3.71. The number of thioether (sulfide) groups is 1. The van der Waals surface area contributed by atoms with Crippen LogP contribution in [0.4, 0.5) is 0 Å². The van der Waals surface area contributed by atoms with Crippen LogP contribution in [0.25, 0.3) is 11.1 Å². The average Bonchev–Trinajstić information content (AvgIpc) is 2.94. The summed E-state index contributed by atoms with van der Waals surface area (Å²) in [5.41, 5.74) is 3.19. The van der Waals surface area contributed by atoms with Gasteiger partial charge in [-0.15, -0.1) is 11.8 Å². The van der Waals surface area contributed by atoms with Crippen molar-refractivity contribution in [3.63, 3.8) is 0 Å². The van der Waals surface area contributed by atoms with E-state index in [-0.39, 0.29) is 5.56 Å². The fourth-order valence-corrected chi connectivity index (χ4v) is 2.83. The van der Waals surface area contributed by atoms with Gasteiger partial charge in [0, 0.05) is 11.3 Å². The quantitative estimate of drug-likeness (QED) is 0.874. The van der Waals surface area contributed by atoms with Gasteiger partial charge in [-0.25, -0.2) is 4.79 Å². The highest BCUT2D eigenvalue weighted by Crippen LogP contribution is 2.35. The van der Waals surface area contributed by atoms with Gasteiger partial charge in [-0.05, 0) is 47.2 Å². The van der Waals surface area contributed by atoms with Gasteiger partial charge in [0.1, 0.15) is 11.3 Å². The Morgan fingerprint density at radius 3 is 2.60 bits per heavy atom. The molecular weight excluding hydrogens is 272 g/mol. The van der Waals surface area contributed by atoms with Crippen LogP contribution in [0.15, 0.2) is 41.3 Å². The zero-order valence-electron chi connectivity index (χ0n) is 11.1. The molecule has 2 aromatic carbocycles. The first-order valence-corrected chi connectivity index (χ1v) is 7.59. The fourth-order valence-electron chi connectivity index (χ4n) is 2.42. The molecule has 0 spiro atoms. The molecular formula is C16H14O3S. The molecule has 1 heterocycles. The van der Waals surface area contributed by atoms with Crippen LogP contribution in [0, 0.1) is 0 Å². The van der Waals surface area contributed by atoms with Gasteiger partial charge < -0.3 is 9.84 Å². The van der Waals surface area contributed by atoms with Gasteiger partial charge in [0.05, 0.1) is 6.61 Å². The van der Waals surface area contributed by atoms with Crippen molar-refractivity contribution < 1.29 is 14.6 Å². The van der Waals surface area contributed by atoms with Crippen LogP contribution in [0.2, 0.25) is 0 Å². The van der Waals surface area contributed by atoms with Crippen LogP contribution < -0.4 is 4.74 Å². The molecule has 0 saturated carbocycles. The zero-order valence-corrected chi connectivity index (χ0v) is 11.9. The topological polar surface area (TPSA) is 46.5 Å². The molecule has 20 heavy (non-hydrogen) atoms. The SMILES string of the molecule is CSc1ccc(-c2cc3c(c(C(=O)O)c2)OCC3)cc1. The third kappa shape index (κ3) is 2.27. The number of carbonyl (C=O) groups is 1. The Morgan fingerprint density at radius 1 is 1.20 bits per heavy atom. The maximum Gasteiger partial charge on any atom is 0.339 e. The molecule has 4 heteroatoms. The van der Waals surface area contributed by atoms with Crippen molar-refractivity contribution in [2.75, 3.05) is 12.9 Å². The fraction of sp³-hybridized carbons (Fsp3) is 0.188. The second kappa shape index (κ2) is 5.21. The van der Waals surface area contributed by atoms with E-state index in [1.54, 1.807) is 17.8 Å². The van der Waals surface area contributed by atoms with E-state index in [0.29, 0.717) is 12.4 Å². The number of rotatable bonds is 3. The standard InChI is InChI=1S/C16H14O3S/c1-20-13-4-2-10(3-5-13)12-8-11-6-7-19-15(11)14(9-12)16(17)18/h2-5,8-9H,6-7H2,1H3,(H,17,18). The summed E-state index contributed by atoms with van der Waals surface area (Å²) in [7, 11) is 0. The smallest absolute Gasteiger partial charge is 0.339 e. The summed E-state index contributed by atoms with van der Waals surface area (Å²) in [6.45, 7) is 0.560. The van der Waals surface area contributed by atoms with Crippen molar-refractivity contribution in [2.45, 2.75) is 11.3 Å². The Morgan fingerprint density at radius 2 is 1.95 bits per heavy atom. The summed E-state index contributed by atoms with van der Waals surface area (Å²) >= 11 is 1.69. The molecule has 102 valence electrons. The first kappa shape index (κ1) is 13.1. The molecule has 0 aliphatic carbocycles. The lowest BCUT2D eigenvalue weighted by molar-refractivity contribution is 0.0693. The largest absolute Gasteiger partial charge is 0.492 e. The highest BCUT2D eigenvalue weighted by molar-refractivity contribution is 7.98. The predicted molar refractivity (Wildman–Crippen MR) is 79.8 cm³/mol. The number of hydrogen-bond donors (Lipinski definition) is 1. The van der Waals surface area contributed by atoms with Gasteiger partial charge >= 0.3 is 5.97 Å². The Bertz CT molecular complexity index is 662. The monoisotopic (exact) mass is 286 g/mol. The van der Waals surface area contributed by atoms with E-state index in [0.717, 1.165) is 23.1 Å². The van der Waals surface area contributed by atoms with Gasteiger partial charge in [-0.1, -0.05) is 12.1 Å². The van der Waals surface area contributed by atoms with Gasteiger partial charge in [0.2, 0.25) is 0 Å². The van der Waals surface area contributed by atoms with Crippen molar-refractivity contribution in [1.82, 2.24) is 0 Å². The Kier molecular flexibility index (Phi) is 3.40. The van der Waals surface area contributed by atoms with E-state index in [2.05, 4.69) is 0 Å². The summed E-state index contributed by atoms with van der Waals surface area (Å²) < 4.78 is 5.43. The van der Waals surface area contributed by atoms with E-state index in [4.69, 9.17) is 4.74 Å². The molecule has 3 rings (SSSR count). The van der Waals surface area contributed by atoms with E-state index in [1.165, 1.54) is 4.90 Å². The summed E-state index contributed by atoms with van der Waals surface area (Å²) in [5.74, 6) is -0.410. The molecule has 0 bridgehead atoms. The number of carboxylic acids is 1. The molecule has 0 fully saturated rings. The van der Waals surface area contributed by atoms with Crippen LogP contribution in [-0.2, 0) is 6.42 Å². The highest BCUT2D eigenvalue weighted by Gasteiger charge is 2.22. The van der Waals surface area contributed by atoms with Crippen LogP contribution in [0.3, 0.4) is 0 Å². The number of hydrogen-bond acceptors (Lipinski definition) is 3. The van der Waals surface area contributed by atoms with Gasteiger partial charge in [0.15, 0.2) is 0 Å². The summed E-state index contributed by atoms with van der Waals surface area (Å²) in [5, 5.41) is 9.32. The Labute approximate surface area is 121 Å².